The van der Waals surface area contributed by atoms with Crippen LogP contribution in [0.5, 0.6) is 11.5 Å². The lowest BCUT2D eigenvalue weighted by atomic mass is 9.87. The summed E-state index contributed by atoms with van der Waals surface area (Å²) in [4.78, 5) is 5.37. The number of nitrogens with zero attached hydrogens (tertiary/aromatic N) is 1. The molecule has 0 radical (unpaired) electrons. The van der Waals surface area contributed by atoms with Crippen LogP contribution < -0.4 is 9.47 Å². The summed E-state index contributed by atoms with van der Waals surface area (Å²) in [6.45, 7) is 6.98. The van der Waals surface area contributed by atoms with Crippen molar-refractivity contribution in [1.29, 1.82) is 0 Å². The maximum Gasteiger partial charge on any atom is 0.179 e. The third kappa shape index (κ3) is 5.13. The molecule has 0 N–H and O–H groups in total. The highest BCUT2D eigenvalue weighted by Crippen LogP contribution is 2.35. The number of ether oxygens (including phenoxy) is 2. The molecule has 134 valence electrons. The molecule has 2 rings (SSSR count). The third-order valence-corrected chi connectivity index (χ3v) is 4.06. The van der Waals surface area contributed by atoms with Crippen molar-refractivity contribution < 1.29 is 14.3 Å². The van der Waals surface area contributed by atoms with Gasteiger partial charge in [0.1, 0.15) is 6.61 Å². The average molecular weight is 362 g/mol. The topological polar surface area (TPSA) is 40.0 Å². The Labute approximate surface area is 154 Å². The smallest absolute Gasteiger partial charge is 0.179 e. The Balaban J connectivity index is 1.99. The largest absolute Gasteiger partial charge is 0.493 e. The number of hydrogen-bond donors (Lipinski definition) is 0. The standard InChI is InChI=1S/C20H24ClNO3/c1-20(2,3)16-8-6-14(7-9-16)13-25-22-12-15-10-17(21)19(24-5)18(11-15)23-4/h6-12H,13H2,1-5H3/b22-12+. The van der Waals surface area contributed by atoms with Crippen molar-refractivity contribution in [3.63, 3.8) is 0 Å². The first kappa shape index (κ1) is 19.1. The third-order valence-electron chi connectivity index (χ3n) is 3.78. The molecule has 0 unspecified atom stereocenters. The van der Waals surface area contributed by atoms with Crippen LogP contribution in [0.25, 0.3) is 0 Å². The highest BCUT2D eigenvalue weighted by atomic mass is 35.5. The van der Waals surface area contributed by atoms with Crippen LogP contribution in [0.15, 0.2) is 41.6 Å². The Morgan fingerprint density at radius 2 is 1.72 bits per heavy atom. The van der Waals surface area contributed by atoms with Gasteiger partial charge >= 0.3 is 0 Å². The van der Waals surface area contributed by atoms with Crippen LogP contribution in [0, 0.1) is 0 Å². The molecule has 0 aliphatic heterocycles. The van der Waals surface area contributed by atoms with E-state index in [0.29, 0.717) is 23.1 Å². The van der Waals surface area contributed by atoms with Gasteiger partial charge in [0.15, 0.2) is 11.5 Å². The van der Waals surface area contributed by atoms with Crippen LogP contribution in [-0.2, 0) is 16.9 Å². The summed E-state index contributed by atoms with van der Waals surface area (Å²) in [7, 11) is 3.11. The summed E-state index contributed by atoms with van der Waals surface area (Å²) in [5.74, 6) is 1.05. The molecule has 0 spiro atoms. The maximum absolute atomic E-state index is 6.17. The number of benzene rings is 2. The molecule has 0 fully saturated rings. The maximum atomic E-state index is 6.17. The number of oxime groups is 1. The minimum atomic E-state index is 0.143. The van der Waals surface area contributed by atoms with Gasteiger partial charge in [0.2, 0.25) is 0 Å². The summed E-state index contributed by atoms with van der Waals surface area (Å²) in [6, 6.07) is 11.9. The van der Waals surface area contributed by atoms with E-state index in [2.05, 4.69) is 50.2 Å². The second-order valence-corrected chi connectivity index (χ2v) is 7.10. The first-order valence-corrected chi connectivity index (χ1v) is 8.39. The Kier molecular flexibility index (Phi) is 6.32. The Morgan fingerprint density at radius 1 is 1.04 bits per heavy atom. The van der Waals surface area contributed by atoms with Gasteiger partial charge in [0.25, 0.3) is 0 Å². The van der Waals surface area contributed by atoms with E-state index in [1.54, 1.807) is 32.6 Å². The molecule has 5 heteroatoms. The van der Waals surface area contributed by atoms with Gasteiger partial charge in [-0.25, -0.2) is 0 Å². The summed E-state index contributed by atoms with van der Waals surface area (Å²) in [5, 5.41) is 4.46. The predicted molar refractivity (Wildman–Crippen MR) is 102 cm³/mol. The highest BCUT2D eigenvalue weighted by molar-refractivity contribution is 6.32. The molecule has 4 nitrogen and oxygen atoms in total. The number of halogens is 1. The molecule has 0 bridgehead atoms. The van der Waals surface area contributed by atoms with Gasteiger partial charge in [-0.3, -0.25) is 0 Å². The molecule has 0 aromatic heterocycles. The summed E-state index contributed by atoms with van der Waals surface area (Å²) in [6.07, 6.45) is 1.59. The van der Waals surface area contributed by atoms with E-state index < -0.39 is 0 Å². The lowest BCUT2D eigenvalue weighted by molar-refractivity contribution is 0.132. The van der Waals surface area contributed by atoms with Crippen molar-refractivity contribution in [2.75, 3.05) is 14.2 Å². The quantitative estimate of drug-likeness (QED) is 0.524. The van der Waals surface area contributed by atoms with Gasteiger partial charge in [-0.15, -0.1) is 0 Å². The van der Waals surface area contributed by atoms with Crippen molar-refractivity contribution in [3.05, 3.63) is 58.1 Å². The number of rotatable bonds is 6. The predicted octanol–water partition coefficient (Wildman–Crippen LogP) is 5.21. The molecule has 0 saturated heterocycles. The molecule has 0 amide bonds. The van der Waals surface area contributed by atoms with Crippen molar-refractivity contribution in [1.82, 2.24) is 0 Å². The van der Waals surface area contributed by atoms with Crippen LogP contribution >= 0.6 is 11.6 Å². The molecular formula is C20H24ClNO3. The van der Waals surface area contributed by atoms with Crippen molar-refractivity contribution in [2.24, 2.45) is 5.16 Å². The van der Waals surface area contributed by atoms with Gasteiger partial charge < -0.3 is 14.3 Å². The molecule has 25 heavy (non-hydrogen) atoms. The average Bonchev–Trinajstić information content (AvgIpc) is 2.57. The number of hydrogen-bond acceptors (Lipinski definition) is 4. The zero-order chi connectivity index (χ0) is 18.4. The lowest BCUT2D eigenvalue weighted by Crippen LogP contribution is -2.10. The molecule has 0 saturated carbocycles. The number of methoxy groups -OCH3 is 2. The Hall–Kier alpha value is -2.20. The van der Waals surface area contributed by atoms with E-state index in [-0.39, 0.29) is 5.41 Å². The zero-order valence-corrected chi connectivity index (χ0v) is 16.1. The van der Waals surface area contributed by atoms with Crippen molar-refractivity contribution >= 4 is 17.8 Å². The van der Waals surface area contributed by atoms with Gasteiger partial charge in [-0.1, -0.05) is 61.8 Å². The monoisotopic (exact) mass is 361 g/mol. The van der Waals surface area contributed by atoms with Crippen LogP contribution in [-0.4, -0.2) is 20.4 Å². The van der Waals surface area contributed by atoms with Gasteiger partial charge in [-0.05, 0) is 28.7 Å². The first-order chi connectivity index (χ1) is 11.8. The minimum Gasteiger partial charge on any atom is -0.493 e. The van der Waals surface area contributed by atoms with Crippen molar-refractivity contribution in [3.8, 4) is 11.5 Å². The van der Waals surface area contributed by atoms with Crippen molar-refractivity contribution in [2.45, 2.75) is 32.8 Å². The van der Waals surface area contributed by atoms with Gasteiger partial charge in [0.05, 0.1) is 25.5 Å². The van der Waals surface area contributed by atoms with Crippen LogP contribution in [0.4, 0.5) is 0 Å². The summed E-state index contributed by atoms with van der Waals surface area (Å²) in [5.41, 5.74) is 3.27. The second kappa shape index (κ2) is 8.26. The Morgan fingerprint density at radius 3 is 2.28 bits per heavy atom. The lowest BCUT2D eigenvalue weighted by Gasteiger charge is -2.18. The van der Waals surface area contributed by atoms with E-state index in [4.69, 9.17) is 25.9 Å². The fourth-order valence-corrected chi connectivity index (χ4v) is 2.62. The van der Waals surface area contributed by atoms with Gasteiger partial charge in [0, 0.05) is 5.56 Å². The Bertz CT molecular complexity index is 734. The molecule has 0 atom stereocenters. The second-order valence-electron chi connectivity index (χ2n) is 6.69. The van der Waals surface area contributed by atoms with Crippen LogP contribution in [0.2, 0.25) is 5.02 Å². The van der Waals surface area contributed by atoms with Crippen LogP contribution in [0.1, 0.15) is 37.5 Å². The van der Waals surface area contributed by atoms with Crippen LogP contribution in [0.3, 0.4) is 0 Å². The van der Waals surface area contributed by atoms with E-state index in [0.717, 1.165) is 11.1 Å². The minimum absolute atomic E-state index is 0.143. The molecule has 2 aromatic rings. The molecule has 2 aromatic carbocycles. The SMILES string of the molecule is COc1cc(/C=N/OCc2ccc(C(C)(C)C)cc2)cc(Cl)c1OC. The summed E-state index contributed by atoms with van der Waals surface area (Å²) >= 11 is 6.17. The molecule has 0 heterocycles. The normalized spacial score (nSPS) is 11.6. The van der Waals surface area contributed by atoms with Gasteiger partial charge in [-0.2, -0.15) is 0 Å². The van der Waals surface area contributed by atoms with E-state index >= 15 is 0 Å². The van der Waals surface area contributed by atoms with E-state index in [1.807, 2.05) is 0 Å². The highest BCUT2D eigenvalue weighted by Gasteiger charge is 2.13. The van der Waals surface area contributed by atoms with E-state index in [1.165, 1.54) is 5.56 Å². The fourth-order valence-electron chi connectivity index (χ4n) is 2.32. The fraction of sp³-hybridized carbons (Fsp3) is 0.350. The molecular weight excluding hydrogens is 338 g/mol. The molecule has 0 aliphatic rings. The van der Waals surface area contributed by atoms with E-state index in [9.17, 15) is 0 Å². The molecule has 0 aliphatic carbocycles. The first-order valence-electron chi connectivity index (χ1n) is 8.01. The summed E-state index contributed by atoms with van der Waals surface area (Å²) < 4.78 is 10.5. The zero-order valence-electron chi connectivity index (χ0n) is 15.3.